The van der Waals surface area contributed by atoms with Crippen LogP contribution in [0.4, 0.5) is 19.0 Å². The van der Waals surface area contributed by atoms with Crippen molar-refractivity contribution in [2.24, 2.45) is 0 Å². The van der Waals surface area contributed by atoms with E-state index in [-0.39, 0.29) is 40.7 Å². The Bertz CT molecular complexity index is 1170. The summed E-state index contributed by atoms with van der Waals surface area (Å²) in [5.74, 6) is -1.43. The predicted molar refractivity (Wildman–Crippen MR) is 92.3 cm³/mol. The third-order valence-electron chi connectivity index (χ3n) is 4.12. The fourth-order valence-corrected chi connectivity index (χ4v) is 2.81. The van der Waals surface area contributed by atoms with Gasteiger partial charge in [0.05, 0.1) is 23.5 Å². The Labute approximate surface area is 151 Å². The van der Waals surface area contributed by atoms with E-state index in [1.807, 2.05) is 0 Å². The molecule has 0 radical (unpaired) electrons. The van der Waals surface area contributed by atoms with Crippen molar-refractivity contribution in [2.45, 2.75) is 13.3 Å². The van der Waals surface area contributed by atoms with Gasteiger partial charge in [0.2, 0.25) is 0 Å². The summed E-state index contributed by atoms with van der Waals surface area (Å²) in [5, 5.41) is 4.31. The number of halogens is 3. The van der Waals surface area contributed by atoms with Crippen molar-refractivity contribution in [1.29, 1.82) is 0 Å². The SMILES string of the molecule is Cc1c(-c2cc(F)ccc2F)nc(N)c2nc(Cc3ncccc3F)nn12. The molecule has 0 saturated heterocycles. The number of pyridine rings is 1. The van der Waals surface area contributed by atoms with Crippen LogP contribution in [0, 0.1) is 24.4 Å². The molecule has 136 valence electrons. The summed E-state index contributed by atoms with van der Waals surface area (Å²) in [7, 11) is 0. The van der Waals surface area contributed by atoms with Gasteiger partial charge in [-0.3, -0.25) is 4.98 Å². The van der Waals surface area contributed by atoms with Gasteiger partial charge in [-0.25, -0.2) is 27.7 Å². The number of aryl methyl sites for hydroxylation is 1. The van der Waals surface area contributed by atoms with Crippen molar-refractivity contribution in [1.82, 2.24) is 24.6 Å². The Morgan fingerprint density at radius 3 is 2.67 bits per heavy atom. The smallest absolute Gasteiger partial charge is 0.198 e. The van der Waals surface area contributed by atoms with Gasteiger partial charge in [-0.1, -0.05) is 0 Å². The zero-order valence-corrected chi connectivity index (χ0v) is 14.1. The molecule has 3 aromatic heterocycles. The molecule has 0 aliphatic carbocycles. The molecule has 0 amide bonds. The molecule has 27 heavy (non-hydrogen) atoms. The molecular formula is C18H13F3N6. The molecule has 2 N–H and O–H groups in total. The van der Waals surface area contributed by atoms with E-state index >= 15 is 0 Å². The molecule has 4 aromatic rings. The molecule has 0 atom stereocenters. The number of benzene rings is 1. The van der Waals surface area contributed by atoms with Gasteiger partial charge in [0.25, 0.3) is 0 Å². The zero-order valence-electron chi connectivity index (χ0n) is 14.1. The first-order valence-electron chi connectivity index (χ1n) is 8.00. The highest BCUT2D eigenvalue weighted by molar-refractivity contribution is 5.70. The molecule has 0 aliphatic rings. The number of nitrogens with two attached hydrogens (primary N) is 1. The van der Waals surface area contributed by atoms with E-state index in [9.17, 15) is 13.2 Å². The standard InChI is InChI=1S/C18H13F3N6/c1-9-16(11-7-10(19)4-5-12(11)20)25-17(22)18-24-15(26-27(9)18)8-14-13(21)3-2-6-23-14/h2-7H,8H2,1H3,(H2,22,25). The van der Waals surface area contributed by atoms with Crippen LogP contribution in [0.2, 0.25) is 0 Å². The van der Waals surface area contributed by atoms with E-state index in [1.165, 1.54) is 22.8 Å². The van der Waals surface area contributed by atoms with Crippen LogP contribution in [0.5, 0.6) is 0 Å². The maximum atomic E-state index is 14.2. The number of hydrogen-bond acceptors (Lipinski definition) is 5. The largest absolute Gasteiger partial charge is 0.381 e. The molecule has 9 heteroatoms. The van der Waals surface area contributed by atoms with Gasteiger partial charge >= 0.3 is 0 Å². The lowest BCUT2D eigenvalue weighted by atomic mass is 10.1. The monoisotopic (exact) mass is 370 g/mol. The third kappa shape index (κ3) is 2.97. The average Bonchev–Trinajstić information content (AvgIpc) is 3.07. The molecule has 0 aliphatic heterocycles. The van der Waals surface area contributed by atoms with Crippen LogP contribution >= 0.6 is 0 Å². The Hall–Kier alpha value is -3.49. The minimum absolute atomic E-state index is 0.000459. The van der Waals surface area contributed by atoms with Gasteiger partial charge in [0, 0.05) is 11.8 Å². The fraction of sp³-hybridized carbons (Fsp3) is 0.111. The first-order chi connectivity index (χ1) is 12.9. The topological polar surface area (TPSA) is 82.0 Å². The normalized spacial score (nSPS) is 11.3. The fourth-order valence-electron chi connectivity index (χ4n) is 2.81. The van der Waals surface area contributed by atoms with E-state index in [1.54, 1.807) is 6.92 Å². The second-order valence-corrected chi connectivity index (χ2v) is 5.93. The van der Waals surface area contributed by atoms with Gasteiger partial charge in [-0.15, -0.1) is 0 Å². The number of aromatic nitrogens is 5. The van der Waals surface area contributed by atoms with Crippen LogP contribution in [0.3, 0.4) is 0 Å². The molecular weight excluding hydrogens is 357 g/mol. The Morgan fingerprint density at radius 2 is 1.89 bits per heavy atom. The van der Waals surface area contributed by atoms with Gasteiger partial charge in [0.1, 0.15) is 17.5 Å². The van der Waals surface area contributed by atoms with Gasteiger partial charge in [-0.2, -0.15) is 5.10 Å². The third-order valence-corrected chi connectivity index (χ3v) is 4.12. The number of nitrogen functional groups attached to an aromatic ring is 1. The van der Waals surface area contributed by atoms with Crippen molar-refractivity contribution in [3.63, 3.8) is 0 Å². The highest BCUT2D eigenvalue weighted by atomic mass is 19.1. The van der Waals surface area contributed by atoms with Gasteiger partial charge in [-0.05, 0) is 37.3 Å². The van der Waals surface area contributed by atoms with Crippen LogP contribution in [-0.2, 0) is 6.42 Å². The summed E-state index contributed by atoms with van der Waals surface area (Å²) in [5.41, 5.74) is 6.92. The first kappa shape index (κ1) is 17.0. The predicted octanol–water partition coefficient (Wildman–Crippen LogP) is 3.09. The quantitative estimate of drug-likeness (QED) is 0.599. The summed E-state index contributed by atoms with van der Waals surface area (Å²) in [6.07, 6.45) is 1.52. The van der Waals surface area contributed by atoms with Gasteiger partial charge < -0.3 is 5.73 Å². The van der Waals surface area contributed by atoms with Crippen molar-refractivity contribution in [3.05, 3.63) is 71.2 Å². The summed E-state index contributed by atoms with van der Waals surface area (Å²) >= 11 is 0. The Morgan fingerprint density at radius 1 is 1.07 bits per heavy atom. The second kappa shape index (κ2) is 6.35. The van der Waals surface area contributed by atoms with E-state index in [0.717, 1.165) is 18.2 Å². The lowest BCUT2D eigenvalue weighted by Crippen LogP contribution is -2.05. The van der Waals surface area contributed by atoms with Crippen LogP contribution in [0.15, 0.2) is 36.5 Å². The molecule has 4 rings (SSSR count). The lowest BCUT2D eigenvalue weighted by Gasteiger charge is -2.09. The van der Waals surface area contributed by atoms with Crippen molar-refractivity contribution in [2.75, 3.05) is 5.73 Å². The number of rotatable bonds is 3. The van der Waals surface area contributed by atoms with E-state index in [2.05, 4.69) is 20.1 Å². The second-order valence-electron chi connectivity index (χ2n) is 5.93. The van der Waals surface area contributed by atoms with Crippen LogP contribution in [-0.4, -0.2) is 24.6 Å². The van der Waals surface area contributed by atoms with Crippen molar-refractivity contribution < 1.29 is 13.2 Å². The summed E-state index contributed by atoms with van der Waals surface area (Å²) in [6.45, 7) is 1.64. The van der Waals surface area contributed by atoms with E-state index in [0.29, 0.717) is 5.69 Å². The van der Waals surface area contributed by atoms with E-state index in [4.69, 9.17) is 5.73 Å². The molecule has 0 saturated carbocycles. The molecule has 0 spiro atoms. The zero-order chi connectivity index (χ0) is 19.1. The molecule has 0 bridgehead atoms. The Balaban J connectivity index is 1.85. The van der Waals surface area contributed by atoms with Crippen molar-refractivity contribution in [3.8, 4) is 11.3 Å². The molecule has 0 unspecified atom stereocenters. The summed E-state index contributed by atoms with van der Waals surface area (Å²) < 4.78 is 42.9. The minimum Gasteiger partial charge on any atom is -0.381 e. The van der Waals surface area contributed by atoms with Crippen molar-refractivity contribution >= 4 is 11.5 Å². The lowest BCUT2D eigenvalue weighted by molar-refractivity contribution is 0.601. The van der Waals surface area contributed by atoms with E-state index < -0.39 is 17.5 Å². The number of anilines is 1. The van der Waals surface area contributed by atoms with Crippen LogP contribution < -0.4 is 5.73 Å². The molecule has 6 nitrogen and oxygen atoms in total. The first-order valence-corrected chi connectivity index (χ1v) is 8.00. The summed E-state index contributed by atoms with van der Waals surface area (Å²) in [4.78, 5) is 12.4. The molecule has 1 aromatic carbocycles. The maximum Gasteiger partial charge on any atom is 0.198 e. The van der Waals surface area contributed by atoms with Crippen LogP contribution in [0.25, 0.3) is 16.9 Å². The number of fused-ring (bicyclic) bond motifs is 1. The summed E-state index contributed by atoms with van der Waals surface area (Å²) in [6, 6.07) is 5.86. The highest BCUT2D eigenvalue weighted by Gasteiger charge is 2.19. The van der Waals surface area contributed by atoms with Crippen LogP contribution in [0.1, 0.15) is 17.2 Å². The maximum absolute atomic E-state index is 14.2. The molecule has 3 heterocycles. The molecule has 0 fully saturated rings. The minimum atomic E-state index is -0.637. The van der Waals surface area contributed by atoms with Gasteiger partial charge in [0.15, 0.2) is 17.3 Å². The highest BCUT2D eigenvalue weighted by Crippen LogP contribution is 2.27. The number of nitrogens with zero attached hydrogens (tertiary/aromatic N) is 5. The number of hydrogen-bond donors (Lipinski definition) is 1. The Kier molecular flexibility index (Phi) is 3.98. The average molecular weight is 370 g/mol.